The van der Waals surface area contributed by atoms with E-state index in [9.17, 15) is 22.8 Å². The minimum atomic E-state index is -4.60. The van der Waals surface area contributed by atoms with E-state index in [0.29, 0.717) is 12.8 Å². The number of amides is 1. The molecule has 0 radical (unpaired) electrons. The van der Waals surface area contributed by atoms with Gasteiger partial charge in [-0.05, 0) is 32.8 Å². The third-order valence-corrected chi connectivity index (χ3v) is 5.05. The van der Waals surface area contributed by atoms with Crippen LogP contribution in [0.5, 0.6) is 0 Å². The molecule has 1 aliphatic heterocycles. The summed E-state index contributed by atoms with van der Waals surface area (Å²) < 4.78 is 39.2. The average Bonchev–Trinajstić information content (AvgIpc) is 2.76. The normalized spacial score (nSPS) is 28.2. The van der Waals surface area contributed by atoms with Crippen LogP contribution in [0.1, 0.15) is 40.5 Å². The molecule has 1 saturated heterocycles. The Bertz CT molecular complexity index is 578. The SMILES string of the molecule is CC1(C)C[C@]2(C=C(N)C1=O)CCN(C(=O)C(C)(C)C(F)(F)F)C2. The van der Waals surface area contributed by atoms with Crippen molar-refractivity contribution < 1.29 is 22.8 Å². The van der Waals surface area contributed by atoms with Crippen molar-refractivity contribution in [3.05, 3.63) is 11.8 Å². The number of halogens is 3. The topological polar surface area (TPSA) is 63.4 Å². The highest BCUT2D eigenvalue weighted by molar-refractivity contribution is 5.99. The van der Waals surface area contributed by atoms with E-state index in [1.807, 2.05) is 0 Å². The van der Waals surface area contributed by atoms with Crippen molar-refractivity contribution in [1.82, 2.24) is 4.90 Å². The predicted octanol–water partition coefficient (Wildman–Crippen LogP) is 2.64. The van der Waals surface area contributed by atoms with Gasteiger partial charge >= 0.3 is 6.18 Å². The summed E-state index contributed by atoms with van der Waals surface area (Å²) in [6, 6.07) is 0. The van der Waals surface area contributed by atoms with Crippen molar-refractivity contribution >= 4 is 11.7 Å². The predicted molar refractivity (Wildman–Crippen MR) is 79.1 cm³/mol. The van der Waals surface area contributed by atoms with Gasteiger partial charge in [0, 0.05) is 23.9 Å². The number of allylic oxidation sites excluding steroid dienone is 1. The van der Waals surface area contributed by atoms with E-state index in [-0.39, 0.29) is 24.6 Å². The van der Waals surface area contributed by atoms with E-state index < -0.39 is 28.3 Å². The van der Waals surface area contributed by atoms with Gasteiger partial charge in [0.1, 0.15) is 5.41 Å². The molecule has 0 unspecified atom stereocenters. The Balaban J connectivity index is 2.25. The second-order valence-corrected chi connectivity index (χ2v) is 7.95. The molecule has 1 heterocycles. The highest BCUT2D eigenvalue weighted by Crippen LogP contribution is 2.48. The lowest BCUT2D eigenvalue weighted by molar-refractivity contribution is -0.216. The quantitative estimate of drug-likeness (QED) is 0.803. The Morgan fingerprint density at radius 3 is 2.35 bits per heavy atom. The van der Waals surface area contributed by atoms with Crippen molar-refractivity contribution in [2.75, 3.05) is 13.1 Å². The van der Waals surface area contributed by atoms with Crippen LogP contribution in [0.4, 0.5) is 13.2 Å². The molecule has 7 heteroatoms. The molecule has 0 saturated carbocycles. The fourth-order valence-electron chi connectivity index (χ4n) is 3.65. The molecule has 2 aliphatic rings. The molecule has 23 heavy (non-hydrogen) atoms. The number of carbonyl (C=O) groups excluding carboxylic acids is 2. The number of Topliss-reactive ketones (excluding diaryl/α,β-unsaturated/α-hetero) is 1. The van der Waals surface area contributed by atoms with Gasteiger partial charge in [0.2, 0.25) is 5.91 Å². The standard InChI is InChI=1S/C16H23F3N2O2/c1-13(2)8-15(7-10(20)11(13)22)5-6-21(9-15)12(23)14(3,4)16(17,18)19/h7H,5-6,8-9,20H2,1-4H3/t15-/m1/s1. The van der Waals surface area contributed by atoms with Crippen LogP contribution < -0.4 is 5.73 Å². The first-order valence-electron chi connectivity index (χ1n) is 7.61. The maximum absolute atomic E-state index is 13.1. The van der Waals surface area contributed by atoms with Crippen molar-refractivity contribution in [2.45, 2.75) is 46.7 Å². The highest BCUT2D eigenvalue weighted by atomic mass is 19.4. The highest BCUT2D eigenvalue weighted by Gasteiger charge is 2.57. The van der Waals surface area contributed by atoms with Crippen LogP contribution in [-0.2, 0) is 9.59 Å². The molecule has 0 aromatic rings. The van der Waals surface area contributed by atoms with Crippen LogP contribution in [0, 0.1) is 16.2 Å². The molecule has 130 valence electrons. The summed E-state index contributed by atoms with van der Waals surface area (Å²) in [6.07, 6.45) is -1.95. The third kappa shape index (κ3) is 2.85. The molecule has 1 spiro atoms. The van der Waals surface area contributed by atoms with E-state index in [1.54, 1.807) is 19.9 Å². The number of hydrogen-bond donors (Lipinski definition) is 1. The molecule has 1 atom stereocenters. The lowest BCUT2D eigenvalue weighted by Crippen LogP contribution is -2.49. The summed E-state index contributed by atoms with van der Waals surface area (Å²) in [6.45, 7) is 5.77. The maximum atomic E-state index is 13.1. The Morgan fingerprint density at radius 2 is 1.87 bits per heavy atom. The number of alkyl halides is 3. The molecule has 0 aromatic heterocycles. The molecule has 1 aliphatic carbocycles. The summed E-state index contributed by atoms with van der Waals surface area (Å²) in [5.74, 6) is -1.08. The van der Waals surface area contributed by atoms with Crippen LogP contribution >= 0.6 is 0 Å². The number of carbonyl (C=O) groups is 2. The summed E-state index contributed by atoms with van der Waals surface area (Å²) in [5.41, 5.74) is 2.35. The first-order chi connectivity index (χ1) is 10.2. The fourth-order valence-corrected chi connectivity index (χ4v) is 3.65. The van der Waals surface area contributed by atoms with Gasteiger partial charge in [-0.1, -0.05) is 13.8 Å². The van der Waals surface area contributed by atoms with Crippen molar-refractivity contribution in [2.24, 2.45) is 22.0 Å². The summed E-state index contributed by atoms with van der Waals surface area (Å²) in [5, 5.41) is 0. The smallest absolute Gasteiger partial charge is 0.396 e. The second kappa shape index (κ2) is 4.98. The van der Waals surface area contributed by atoms with E-state index in [0.717, 1.165) is 13.8 Å². The summed E-state index contributed by atoms with van der Waals surface area (Å²) in [4.78, 5) is 25.7. The van der Waals surface area contributed by atoms with Gasteiger partial charge in [0.25, 0.3) is 0 Å². The zero-order valence-corrected chi connectivity index (χ0v) is 13.9. The van der Waals surface area contributed by atoms with Crippen LogP contribution in [0.25, 0.3) is 0 Å². The number of nitrogens with zero attached hydrogens (tertiary/aromatic N) is 1. The Morgan fingerprint density at radius 1 is 1.30 bits per heavy atom. The largest absolute Gasteiger partial charge is 0.402 e. The minimum Gasteiger partial charge on any atom is -0.396 e. The number of ketones is 1. The molecule has 0 aromatic carbocycles. The fraction of sp³-hybridized carbons (Fsp3) is 0.750. The van der Waals surface area contributed by atoms with Gasteiger partial charge in [0.05, 0.1) is 5.70 Å². The van der Waals surface area contributed by atoms with Gasteiger partial charge in [-0.2, -0.15) is 13.2 Å². The second-order valence-electron chi connectivity index (χ2n) is 7.95. The Hall–Kier alpha value is -1.53. The Labute approximate surface area is 133 Å². The molecule has 2 rings (SSSR count). The first-order valence-corrected chi connectivity index (χ1v) is 7.61. The average molecular weight is 332 g/mol. The van der Waals surface area contributed by atoms with Gasteiger partial charge in [-0.3, -0.25) is 9.59 Å². The zero-order valence-electron chi connectivity index (χ0n) is 13.9. The molecule has 0 bridgehead atoms. The van der Waals surface area contributed by atoms with Crippen molar-refractivity contribution in [1.29, 1.82) is 0 Å². The molecular formula is C16H23F3N2O2. The van der Waals surface area contributed by atoms with Crippen LogP contribution in [0.3, 0.4) is 0 Å². The lowest BCUT2D eigenvalue weighted by atomic mass is 9.65. The zero-order chi connectivity index (χ0) is 17.8. The third-order valence-electron chi connectivity index (χ3n) is 5.05. The van der Waals surface area contributed by atoms with E-state index in [2.05, 4.69) is 0 Å². The van der Waals surface area contributed by atoms with Crippen LogP contribution in [-0.4, -0.2) is 35.9 Å². The van der Waals surface area contributed by atoms with E-state index in [4.69, 9.17) is 5.73 Å². The van der Waals surface area contributed by atoms with Crippen LogP contribution in [0.15, 0.2) is 11.8 Å². The van der Waals surface area contributed by atoms with Gasteiger partial charge in [-0.15, -0.1) is 0 Å². The molecule has 1 amide bonds. The Kier molecular flexibility index (Phi) is 3.86. The van der Waals surface area contributed by atoms with Crippen LogP contribution in [0.2, 0.25) is 0 Å². The summed E-state index contributed by atoms with van der Waals surface area (Å²) in [7, 11) is 0. The summed E-state index contributed by atoms with van der Waals surface area (Å²) >= 11 is 0. The number of rotatable bonds is 1. The lowest BCUT2D eigenvalue weighted by Gasteiger charge is -2.39. The van der Waals surface area contributed by atoms with Gasteiger partial charge in [-0.25, -0.2) is 0 Å². The van der Waals surface area contributed by atoms with E-state index in [1.165, 1.54) is 4.90 Å². The molecule has 4 nitrogen and oxygen atoms in total. The minimum absolute atomic E-state index is 0.144. The van der Waals surface area contributed by atoms with Crippen molar-refractivity contribution in [3.8, 4) is 0 Å². The monoisotopic (exact) mass is 332 g/mol. The van der Waals surface area contributed by atoms with Gasteiger partial charge < -0.3 is 10.6 Å². The maximum Gasteiger partial charge on any atom is 0.402 e. The molecule has 1 fully saturated rings. The molecular weight excluding hydrogens is 309 g/mol. The number of likely N-dealkylation sites (tertiary alicyclic amines) is 1. The molecule has 2 N–H and O–H groups in total. The first kappa shape index (κ1) is 17.8. The number of nitrogens with two attached hydrogens (primary N) is 1. The number of hydrogen-bond acceptors (Lipinski definition) is 3. The van der Waals surface area contributed by atoms with Gasteiger partial charge in [0.15, 0.2) is 5.78 Å². The van der Waals surface area contributed by atoms with Crippen molar-refractivity contribution in [3.63, 3.8) is 0 Å². The van der Waals surface area contributed by atoms with E-state index >= 15 is 0 Å².